The van der Waals surface area contributed by atoms with Crippen LogP contribution in [-0.4, -0.2) is 30.4 Å². The molecule has 0 aromatic heterocycles. The second-order valence-electron chi connectivity index (χ2n) is 3.30. The van der Waals surface area contributed by atoms with Crippen LogP contribution >= 0.6 is 15.9 Å². The Morgan fingerprint density at radius 2 is 2.07 bits per heavy atom. The van der Waals surface area contributed by atoms with Gasteiger partial charge >= 0.3 is 0 Å². The lowest BCUT2D eigenvalue weighted by molar-refractivity contribution is 0.471. The minimum atomic E-state index is 0.242. The zero-order chi connectivity index (χ0) is 10.7. The topological polar surface area (TPSA) is 35.8 Å². The monoisotopic (exact) mass is 256 g/mol. The molecule has 1 aromatic carbocycles. The van der Waals surface area contributed by atoms with Gasteiger partial charge in [-0.2, -0.15) is 0 Å². The fraction of sp³-hybridized carbons (Fsp3) is 0.300. The standard InChI is InChI=1S/C10H13BrN2O/c1-7-4-10(14)8(11)5-9(7)12-6-13(2)3/h4-6,14H,1-3H3. The molecule has 3 nitrogen and oxygen atoms in total. The van der Waals surface area contributed by atoms with Crippen molar-refractivity contribution in [3.8, 4) is 5.75 Å². The second kappa shape index (κ2) is 4.46. The van der Waals surface area contributed by atoms with E-state index in [1.54, 1.807) is 18.5 Å². The van der Waals surface area contributed by atoms with Gasteiger partial charge in [-0.3, -0.25) is 0 Å². The average molecular weight is 257 g/mol. The molecule has 0 fully saturated rings. The summed E-state index contributed by atoms with van der Waals surface area (Å²) < 4.78 is 0.661. The summed E-state index contributed by atoms with van der Waals surface area (Å²) in [6.45, 7) is 1.91. The first-order valence-corrected chi connectivity index (χ1v) is 4.99. The Labute approximate surface area is 92.2 Å². The van der Waals surface area contributed by atoms with Gasteiger partial charge < -0.3 is 10.0 Å². The van der Waals surface area contributed by atoms with Crippen LogP contribution in [0.2, 0.25) is 0 Å². The SMILES string of the molecule is Cc1cc(O)c(Br)cc1N=CN(C)C. The van der Waals surface area contributed by atoms with Crippen LogP contribution in [0.25, 0.3) is 0 Å². The molecule has 0 aliphatic heterocycles. The summed E-state index contributed by atoms with van der Waals surface area (Å²) in [6, 6.07) is 3.48. The molecule has 0 saturated carbocycles. The number of aliphatic imine (C=N–C) groups is 1. The predicted octanol–water partition coefficient (Wildman–Crippen LogP) is 2.68. The molecule has 0 radical (unpaired) electrons. The molecule has 0 aliphatic carbocycles. The summed E-state index contributed by atoms with van der Waals surface area (Å²) in [4.78, 5) is 6.13. The minimum Gasteiger partial charge on any atom is -0.507 e. The molecule has 76 valence electrons. The molecule has 4 heteroatoms. The smallest absolute Gasteiger partial charge is 0.130 e. The molecular formula is C10H13BrN2O. The van der Waals surface area contributed by atoms with Crippen LogP contribution in [-0.2, 0) is 0 Å². The van der Waals surface area contributed by atoms with Gasteiger partial charge in [-0.05, 0) is 40.5 Å². The van der Waals surface area contributed by atoms with Gasteiger partial charge in [0, 0.05) is 14.1 Å². The van der Waals surface area contributed by atoms with Crippen molar-refractivity contribution in [2.45, 2.75) is 6.92 Å². The van der Waals surface area contributed by atoms with E-state index < -0.39 is 0 Å². The number of hydrogen-bond acceptors (Lipinski definition) is 2. The molecular weight excluding hydrogens is 244 g/mol. The third-order valence-corrected chi connectivity index (χ3v) is 2.33. The van der Waals surface area contributed by atoms with Gasteiger partial charge in [0.25, 0.3) is 0 Å². The largest absolute Gasteiger partial charge is 0.507 e. The Kier molecular flexibility index (Phi) is 3.52. The van der Waals surface area contributed by atoms with Crippen LogP contribution in [0.5, 0.6) is 5.75 Å². The highest BCUT2D eigenvalue weighted by molar-refractivity contribution is 9.10. The van der Waals surface area contributed by atoms with Gasteiger partial charge in [-0.25, -0.2) is 4.99 Å². The number of hydrogen-bond donors (Lipinski definition) is 1. The summed E-state index contributed by atoms with van der Waals surface area (Å²) in [6.07, 6.45) is 1.73. The molecule has 14 heavy (non-hydrogen) atoms. The van der Waals surface area contributed by atoms with E-state index in [1.807, 2.05) is 25.9 Å². The number of aryl methyl sites for hydroxylation is 1. The van der Waals surface area contributed by atoms with E-state index in [0.717, 1.165) is 11.3 Å². The summed E-state index contributed by atoms with van der Waals surface area (Å²) in [5.74, 6) is 0.242. The number of halogens is 1. The summed E-state index contributed by atoms with van der Waals surface area (Å²) in [7, 11) is 3.82. The minimum absolute atomic E-state index is 0.242. The first-order valence-electron chi connectivity index (χ1n) is 4.20. The zero-order valence-electron chi connectivity index (χ0n) is 8.45. The molecule has 0 atom stereocenters. The van der Waals surface area contributed by atoms with Crippen LogP contribution in [0, 0.1) is 6.92 Å². The van der Waals surface area contributed by atoms with Crippen LogP contribution in [0.4, 0.5) is 5.69 Å². The predicted molar refractivity (Wildman–Crippen MR) is 62.4 cm³/mol. The highest BCUT2D eigenvalue weighted by Crippen LogP contribution is 2.31. The number of aromatic hydroxyl groups is 1. The third-order valence-electron chi connectivity index (χ3n) is 1.69. The fourth-order valence-corrected chi connectivity index (χ4v) is 1.30. The maximum Gasteiger partial charge on any atom is 0.130 e. The third kappa shape index (κ3) is 2.73. The molecule has 1 rings (SSSR count). The Morgan fingerprint density at radius 3 is 2.64 bits per heavy atom. The zero-order valence-corrected chi connectivity index (χ0v) is 10.0. The highest BCUT2D eigenvalue weighted by atomic mass is 79.9. The number of phenolic OH excluding ortho intramolecular Hbond substituents is 1. The van der Waals surface area contributed by atoms with E-state index in [1.165, 1.54) is 0 Å². The molecule has 0 spiro atoms. The van der Waals surface area contributed by atoms with Crippen molar-refractivity contribution in [1.29, 1.82) is 0 Å². The van der Waals surface area contributed by atoms with E-state index >= 15 is 0 Å². The molecule has 0 saturated heterocycles. The normalized spacial score (nSPS) is 10.9. The maximum absolute atomic E-state index is 9.39. The van der Waals surface area contributed by atoms with Gasteiger partial charge in [-0.15, -0.1) is 0 Å². The van der Waals surface area contributed by atoms with Crippen LogP contribution in [0.1, 0.15) is 5.56 Å². The van der Waals surface area contributed by atoms with E-state index in [4.69, 9.17) is 0 Å². The first kappa shape index (κ1) is 11.0. The van der Waals surface area contributed by atoms with E-state index in [2.05, 4.69) is 20.9 Å². The lowest BCUT2D eigenvalue weighted by atomic mass is 10.2. The highest BCUT2D eigenvalue weighted by Gasteiger charge is 2.02. The number of rotatable bonds is 2. The number of nitrogens with zero attached hydrogens (tertiary/aromatic N) is 2. The van der Waals surface area contributed by atoms with Crippen molar-refractivity contribution in [1.82, 2.24) is 4.90 Å². The van der Waals surface area contributed by atoms with Crippen molar-refractivity contribution in [2.75, 3.05) is 14.1 Å². The van der Waals surface area contributed by atoms with Gasteiger partial charge in [0.05, 0.1) is 16.5 Å². The molecule has 0 aliphatic rings. The van der Waals surface area contributed by atoms with Crippen molar-refractivity contribution >= 4 is 28.0 Å². The van der Waals surface area contributed by atoms with Gasteiger partial charge in [-0.1, -0.05) is 0 Å². The Hall–Kier alpha value is -1.03. The number of phenols is 1. The first-order chi connectivity index (χ1) is 6.50. The van der Waals surface area contributed by atoms with Crippen molar-refractivity contribution in [3.63, 3.8) is 0 Å². The van der Waals surface area contributed by atoms with Crippen molar-refractivity contribution in [2.24, 2.45) is 4.99 Å². The molecule has 0 unspecified atom stereocenters. The fourth-order valence-electron chi connectivity index (χ4n) is 0.973. The quantitative estimate of drug-likeness (QED) is 0.653. The lowest BCUT2D eigenvalue weighted by Crippen LogP contribution is -2.07. The molecule has 0 amide bonds. The van der Waals surface area contributed by atoms with E-state index in [-0.39, 0.29) is 5.75 Å². The van der Waals surface area contributed by atoms with Gasteiger partial charge in [0.2, 0.25) is 0 Å². The average Bonchev–Trinajstić information content (AvgIpc) is 2.09. The molecule has 0 bridgehead atoms. The van der Waals surface area contributed by atoms with Crippen LogP contribution < -0.4 is 0 Å². The summed E-state index contributed by atoms with van der Waals surface area (Å²) in [5.41, 5.74) is 1.80. The second-order valence-corrected chi connectivity index (χ2v) is 4.15. The van der Waals surface area contributed by atoms with Crippen LogP contribution in [0.3, 0.4) is 0 Å². The summed E-state index contributed by atoms with van der Waals surface area (Å²) >= 11 is 3.25. The van der Waals surface area contributed by atoms with Gasteiger partial charge in [0.1, 0.15) is 5.75 Å². The maximum atomic E-state index is 9.39. The number of benzene rings is 1. The van der Waals surface area contributed by atoms with Crippen molar-refractivity contribution < 1.29 is 5.11 Å². The van der Waals surface area contributed by atoms with Gasteiger partial charge in [0.15, 0.2) is 0 Å². The molecule has 1 aromatic rings. The van der Waals surface area contributed by atoms with E-state index in [0.29, 0.717) is 4.47 Å². The molecule has 0 heterocycles. The van der Waals surface area contributed by atoms with Crippen molar-refractivity contribution in [3.05, 3.63) is 22.2 Å². The van der Waals surface area contributed by atoms with Crippen LogP contribution in [0.15, 0.2) is 21.6 Å². The Bertz CT molecular complexity index is 361. The van der Waals surface area contributed by atoms with E-state index in [9.17, 15) is 5.11 Å². The molecule has 1 N–H and O–H groups in total. The Balaban J connectivity index is 3.04. The summed E-state index contributed by atoms with van der Waals surface area (Å²) in [5, 5.41) is 9.39. The Morgan fingerprint density at radius 1 is 1.43 bits per heavy atom. The lowest BCUT2D eigenvalue weighted by Gasteiger charge is -2.05.